The molecule has 0 N–H and O–H groups in total. The monoisotopic (exact) mass is 422 g/mol. The highest BCUT2D eigenvalue weighted by molar-refractivity contribution is 5.97. The summed E-state index contributed by atoms with van der Waals surface area (Å²) >= 11 is 0. The molecule has 0 bridgehead atoms. The smallest absolute Gasteiger partial charge is 0.226 e. The van der Waals surface area contributed by atoms with E-state index in [1.54, 1.807) is 50.1 Å². The van der Waals surface area contributed by atoms with Crippen molar-refractivity contribution >= 4 is 17.4 Å². The number of hydrogen-bond donors (Lipinski definition) is 0. The first-order chi connectivity index (χ1) is 14.8. The number of benzene rings is 2. The number of pyridine rings is 1. The average Bonchev–Trinajstić information content (AvgIpc) is 2.77. The fourth-order valence-electron chi connectivity index (χ4n) is 3.39. The van der Waals surface area contributed by atoms with E-state index in [0.717, 1.165) is 16.8 Å². The summed E-state index contributed by atoms with van der Waals surface area (Å²) in [6, 6.07) is 14.6. The van der Waals surface area contributed by atoms with Gasteiger partial charge in [-0.2, -0.15) is 4.39 Å². The Morgan fingerprint density at radius 3 is 2.26 bits per heavy atom. The number of rotatable bonds is 7. The fourth-order valence-corrected chi connectivity index (χ4v) is 3.39. The van der Waals surface area contributed by atoms with Crippen LogP contribution < -0.4 is 4.90 Å². The van der Waals surface area contributed by atoms with Crippen molar-refractivity contribution in [2.75, 3.05) is 11.9 Å². The maximum Gasteiger partial charge on any atom is 0.226 e. The Morgan fingerprint density at radius 1 is 0.968 bits per heavy atom. The Bertz CT molecular complexity index is 1110. The van der Waals surface area contributed by atoms with Crippen LogP contribution in [0, 0.1) is 18.7 Å². The number of aryl methyl sites for hydroxylation is 2. The number of carbonyl (C=O) groups is 2. The van der Waals surface area contributed by atoms with Crippen LogP contribution >= 0.6 is 0 Å². The van der Waals surface area contributed by atoms with E-state index in [1.165, 1.54) is 18.2 Å². The lowest BCUT2D eigenvalue weighted by Gasteiger charge is -2.16. The highest BCUT2D eigenvalue weighted by atomic mass is 19.1. The van der Waals surface area contributed by atoms with Gasteiger partial charge in [-0.3, -0.25) is 9.59 Å². The van der Waals surface area contributed by atoms with E-state index in [0.29, 0.717) is 24.1 Å². The van der Waals surface area contributed by atoms with Gasteiger partial charge in [0.15, 0.2) is 5.78 Å². The number of anilines is 1. The molecular weight excluding hydrogens is 398 g/mol. The lowest BCUT2D eigenvalue weighted by Crippen LogP contribution is -2.24. The normalized spacial score (nSPS) is 10.7. The van der Waals surface area contributed by atoms with Gasteiger partial charge >= 0.3 is 0 Å². The maximum atomic E-state index is 14.7. The lowest BCUT2D eigenvalue weighted by atomic mass is 9.98. The van der Waals surface area contributed by atoms with Crippen LogP contribution in [0.5, 0.6) is 0 Å². The molecule has 0 fully saturated rings. The van der Waals surface area contributed by atoms with Crippen molar-refractivity contribution < 1.29 is 18.4 Å². The molecule has 0 spiro atoms. The first kappa shape index (κ1) is 22.3. The second kappa shape index (κ2) is 9.60. The van der Waals surface area contributed by atoms with Crippen molar-refractivity contribution in [1.29, 1.82) is 0 Å². The van der Waals surface area contributed by atoms with Gasteiger partial charge in [0.05, 0.1) is 5.56 Å². The molecule has 0 aliphatic rings. The molecule has 1 heterocycles. The number of halogens is 2. The number of ketones is 1. The summed E-state index contributed by atoms with van der Waals surface area (Å²) in [6.45, 7) is 3.48. The molecule has 0 aliphatic carbocycles. The maximum absolute atomic E-state index is 14.7. The summed E-state index contributed by atoms with van der Waals surface area (Å²) < 4.78 is 27.8. The third-order valence-corrected chi connectivity index (χ3v) is 5.32. The van der Waals surface area contributed by atoms with Crippen molar-refractivity contribution in [2.24, 2.45) is 0 Å². The largest absolute Gasteiger partial charge is 0.316 e. The van der Waals surface area contributed by atoms with Gasteiger partial charge < -0.3 is 4.90 Å². The molecule has 4 nitrogen and oxygen atoms in total. The number of nitrogens with zero attached hydrogens (tertiary/aromatic N) is 2. The topological polar surface area (TPSA) is 50.3 Å². The highest BCUT2D eigenvalue weighted by Gasteiger charge is 2.15. The molecule has 3 rings (SSSR count). The minimum atomic E-state index is -0.584. The van der Waals surface area contributed by atoms with Crippen molar-refractivity contribution in [3.05, 3.63) is 83.2 Å². The van der Waals surface area contributed by atoms with Crippen LogP contribution in [0.2, 0.25) is 0 Å². The molecule has 0 radical (unpaired) electrons. The Balaban J connectivity index is 1.72. The Labute approximate surface area is 180 Å². The quantitative estimate of drug-likeness (QED) is 0.372. The third kappa shape index (κ3) is 5.20. The number of hydrogen-bond acceptors (Lipinski definition) is 3. The van der Waals surface area contributed by atoms with E-state index in [2.05, 4.69) is 4.98 Å². The van der Waals surface area contributed by atoms with Gasteiger partial charge in [0.2, 0.25) is 11.9 Å². The molecule has 6 heteroatoms. The molecular formula is C25H24F2N2O2. The third-order valence-electron chi connectivity index (χ3n) is 5.32. The van der Waals surface area contributed by atoms with Gasteiger partial charge in [-0.05, 0) is 60.4 Å². The van der Waals surface area contributed by atoms with E-state index in [4.69, 9.17) is 0 Å². The molecule has 3 aromatic rings. The molecule has 0 aliphatic heterocycles. The molecule has 1 aromatic heterocycles. The minimum Gasteiger partial charge on any atom is -0.316 e. The number of carbonyl (C=O) groups excluding carboxylic acids is 2. The van der Waals surface area contributed by atoms with Gasteiger partial charge in [-0.25, -0.2) is 9.37 Å². The minimum absolute atomic E-state index is 0.00766. The van der Waals surface area contributed by atoms with E-state index in [9.17, 15) is 18.4 Å². The van der Waals surface area contributed by atoms with Crippen LogP contribution in [0.25, 0.3) is 11.1 Å². The van der Waals surface area contributed by atoms with E-state index in [1.807, 2.05) is 12.1 Å². The lowest BCUT2D eigenvalue weighted by molar-refractivity contribution is -0.118. The molecule has 31 heavy (non-hydrogen) atoms. The van der Waals surface area contributed by atoms with E-state index in [-0.39, 0.29) is 23.7 Å². The summed E-state index contributed by atoms with van der Waals surface area (Å²) in [5, 5.41) is 0. The second-order valence-electron chi connectivity index (χ2n) is 7.35. The SMILES string of the molecule is CCC(=O)N(C)c1ccc(-c2ccc(C(=O)CCc3ccc(F)nc3C)c(F)c2)cc1. The number of Topliss-reactive ketones (excluding diaryl/α,β-unsaturated/α-hetero) is 1. The van der Waals surface area contributed by atoms with Crippen LogP contribution in [-0.4, -0.2) is 23.7 Å². The predicted molar refractivity (Wildman–Crippen MR) is 117 cm³/mol. The first-order valence-electron chi connectivity index (χ1n) is 10.1. The molecule has 1 amide bonds. The Morgan fingerprint density at radius 2 is 1.65 bits per heavy atom. The van der Waals surface area contributed by atoms with Crippen LogP contribution in [0.3, 0.4) is 0 Å². The average molecular weight is 422 g/mol. The number of aromatic nitrogens is 1. The van der Waals surface area contributed by atoms with Gasteiger partial charge in [0, 0.05) is 31.3 Å². The molecule has 0 atom stereocenters. The molecule has 160 valence electrons. The van der Waals surface area contributed by atoms with Crippen LogP contribution in [0.15, 0.2) is 54.6 Å². The highest BCUT2D eigenvalue weighted by Crippen LogP contribution is 2.25. The molecule has 0 saturated carbocycles. The molecule has 2 aromatic carbocycles. The zero-order chi connectivity index (χ0) is 22.5. The number of amides is 1. The molecule has 0 unspecified atom stereocenters. The summed E-state index contributed by atoms with van der Waals surface area (Å²) in [6.07, 6.45) is 0.887. The van der Waals surface area contributed by atoms with Crippen molar-refractivity contribution in [2.45, 2.75) is 33.1 Å². The second-order valence-corrected chi connectivity index (χ2v) is 7.35. The van der Waals surface area contributed by atoms with Crippen LogP contribution in [0.1, 0.15) is 41.4 Å². The van der Waals surface area contributed by atoms with Crippen LogP contribution in [0.4, 0.5) is 14.5 Å². The summed E-state index contributed by atoms with van der Waals surface area (Å²) in [5.74, 6) is -1.46. The molecule has 0 saturated heterocycles. The van der Waals surface area contributed by atoms with Gasteiger partial charge in [0.1, 0.15) is 5.82 Å². The van der Waals surface area contributed by atoms with Crippen molar-refractivity contribution in [3.8, 4) is 11.1 Å². The Kier molecular flexibility index (Phi) is 6.90. The summed E-state index contributed by atoms with van der Waals surface area (Å²) in [5.41, 5.74) is 3.50. The Hall–Kier alpha value is -3.41. The van der Waals surface area contributed by atoms with Crippen molar-refractivity contribution in [3.63, 3.8) is 0 Å². The van der Waals surface area contributed by atoms with E-state index < -0.39 is 11.8 Å². The van der Waals surface area contributed by atoms with Gasteiger partial charge in [0.25, 0.3) is 0 Å². The standard InChI is InChI=1S/C25H24F2N2O2/c1-4-25(31)29(3)20-10-5-18(6-11-20)19-7-12-21(22(26)15-19)23(30)13-8-17-9-14-24(27)28-16(17)2/h5-7,9-12,14-15H,4,8,13H2,1-3H3. The first-order valence-corrected chi connectivity index (χ1v) is 10.1. The summed E-state index contributed by atoms with van der Waals surface area (Å²) in [4.78, 5) is 29.6. The fraction of sp³-hybridized carbons (Fsp3) is 0.240. The van der Waals surface area contributed by atoms with Crippen molar-refractivity contribution in [1.82, 2.24) is 4.98 Å². The van der Waals surface area contributed by atoms with Gasteiger partial charge in [-0.15, -0.1) is 0 Å². The van der Waals surface area contributed by atoms with Gasteiger partial charge in [-0.1, -0.05) is 31.2 Å². The zero-order valence-electron chi connectivity index (χ0n) is 17.8. The van der Waals surface area contributed by atoms with E-state index >= 15 is 0 Å². The summed E-state index contributed by atoms with van der Waals surface area (Å²) in [7, 11) is 1.71. The zero-order valence-corrected chi connectivity index (χ0v) is 17.8. The van der Waals surface area contributed by atoms with Crippen LogP contribution in [-0.2, 0) is 11.2 Å². The predicted octanol–water partition coefficient (Wildman–Crippen LogP) is 5.52.